The van der Waals surface area contributed by atoms with E-state index in [0.29, 0.717) is 31.8 Å². The monoisotopic (exact) mass is 390 g/mol. The van der Waals surface area contributed by atoms with Gasteiger partial charge in [0, 0.05) is 38.5 Å². The van der Waals surface area contributed by atoms with Crippen molar-refractivity contribution in [1.29, 1.82) is 0 Å². The molecule has 0 spiro atoms. The molecule has 4 rings (SSSR count). The first kappa shape index (κ1) is 18.9. The molecule has 0 radical (unpaired) electrons. The summed E-state index contributed by atoms with van der Waals surface area (Å²) >= 11 is 0. The number of carbonyl (C=O) groups excluding carboxylic acids is 1. The number of amides is 2. The maximum atomic E-state index is 14.7. The summed E-state index contributed by atoms with van der Waals surface area (Å²) < 4.78 is 36.1. The molecular formula is C20H24F2N4O2. The predicted octanol–water partition coefficient (Wildman–Crippen LogP) is 2.65. The Morgan fingerprint density at radius 2 is 2.14 bits per heavy atom. The van der Waals surface area contributed by atoms with Crippen LogP contribution in [0.15, 0.2) is 42.7 Å². The molecule has 0 bridgehead atoms. The van der Waals surface area contributed by atoms with Crippen molar-refractivity contribution in [2.24, 2.45) is 5.92 Å². The van der Waals surface area contributed by atoms with Gasteiger partial charge in [0.25, 0.3) is 5.92 Å². The second-order valence-electron chi connectivity index (χ2n) is 7.47. The van der Waals surface area contributed by atoms with Crippen molar-refractivity contribution in [1.82, 2.24) is 20.0 Å². The highest BCUT2D eigenvalue weighted by Crippen LogP contribution is 2.70. The fourth-order valence-electron chi connectivity index (χ4n) is 4.32. The second kappa shape index (κ2) is 7.16. The van der Waals surface area contributed by atoms with Gasteiger partial charge in [0.1, 0.15) is 0 Å². The predicted molar refractivity (Wildman–Crippen MR) is 99.1 cm³/mol. The lowest BCUT2D eigenvalue weighted by Crippen LogP contribution is -2.45. The molecule has 1 aliphatic heterocycles. The molecule has 2 unspecified atom stereocenters. The summed E-state index contributed by atoms with van der Waals surface area (Å²) in [6.45, 7) is 1.89. The zero-order valence-electron chi connectivity index (χ0n) is 15.8. The zero-order chi connectivity index (χ0) is 19.8. The van der Waals surface area contributed by atoms with Crippen molar-refractivity contribution in [3.05, 3.63) is 53.9 Å². The molecule has 1 aromatic heterocycles. The van der Waals surface area contributed by atoms with Crippen LogP contribution < -0.4 is 5.32 Å². The van der Waals surface area contributed by atoms with E-state index in [-0.39, 0.29) is 19.0 Å². The van der Waals surface area contributed by atoms with Gasteiger partial charge in [0.05, 0.1) is 30.7 Å². The molecule has 6 nitrogen and oxygen atoms in total. The number of alkyl halides is 2. The van der Waals surface area contributed by atoms with Crippen molar-refractivity contribution in [3.8, 4) is 0 Å². The highest BCUT2D eigenvalue weighted by Gasteiger charge is 2.81. The second-order valence-corrected chi connectivity index (χ2v) is 7.47. The summed E-state index contributed by atoms with van der Waals surface area (Å²) in [5.74, 6) is -3.59. The van der Waals surface area contributed by atoms with E-state index >= 15 is 0 Å². The molecule has 1 aromatic carbocycles. The van der Waals surface area contributed by atoms with Gasteiger partial charge in [-0.25, -0.2) is 13.6 Å². The van der Waals surface area contributed by atoms with E-state index in [9.17, 15) is 13.6 Å². The van der Waals surface area contributed by atoms with Crippen LogP contribution in [-0.4, -0.2) is 53.4 Å². The van der Waals surface area contributed by atoms with Gasteiger partial charge in [-0.05, 0) is 12.0 Å². The first-order chi connectivity index (χ1) is 13.5. The van der Waals surface area contributed by atoms with Crippen molar-refractivity contribution >= 4 is 6.03 Å². The number of hydrogen-bond acceptors (Lipinski definition) is 3. The standard InChI is InChI=1S/C20H24F2N4O2/c1-28-10-9-26-13-15(12-24-26)11-23-18(27)25-8-7-19(16-5-3-2-4-6-16)17(14-25)20(19,21)22/h2-6,12-13,17H,7-11,14H2,1H3,(H,23,27). The first-order valence-corrected chi connectivity index (χ1v) is 9.45. The number of nitrogens with zero attached hydrogens (tertiary/aromatic N) is 3. The average molecular weight is 390 g/mol. The molecule has 1 saturated heterocycles. The van der Waals surface area contributed by atoms with E-state index in [1.165, 1.54) is 4.90 Å². The van der Waals surface area contributed by atoms with E-state index in [0.717, 1.165) is 5.56 Å². The number of ether oxygens (including phenoxy) is 1. The zero-order valence-corrected chi connectivity index (χ0v) is 15.8. The van der Waals surface area contributed by atoms with Crippen LogP contribution in [0.25, 0.3) is 0 Å². The van der Waals surface area contributed by atoms with Crippen LogP contribution in [0.5, 0.6) is 0 Å². The average Bonchev–Trinajstić information content (AvgIpc) is 3.01. The fraction of sp³-hybridized carbons (Fsp3) is 0.500. The molecule has 1 saturated carbocycles. The minimum atomic E-state index is -2.77. The number of aromatic nitrogens is 2. The Hall–Kier alpha value is -2.48. The SMILES string of the molecule is COCCn1cc(CNC(=O)N2CCC3(c4ccccc4)C(C2)C3(F)F)cn1. The number of fused-ring (bicyclic) bond motifs is 1. The number of urea groups is 1. The van der Waals surface area contributed by atoms with Gasteiger partial charge in [0.15, 0.2) is 0 Å². The van der Waals surface area contributed by atoms with Crippen LogP contribution in [0.4, 0.5) is 13.6 Å². The highest BCUT2D eigenvalue weighted by atomic mass is 19.3. The van der Waals surface area contributed by atoms with Gasteiger partial charge >= 0.3 is 6.03 Å². The Balaban J connectivity index is 1.35. The van der Waals surface area contributed by atoms with Gasteiger partial charge in [-0.3, -0.25) is 4.68 Å². The lowest BCUT2D eigenvalue weighted by Gasteiger charge is -2.30. The summed E-state index contributed by atoms with van der Waals surface area (Å²) in [6.07, 6.45) is 3.80. The maximum absolute atomic E-state index is 14.7. The number of nitrogens with one attached hydrogen (secondary N) is 1. The Morgan fingerprint density at radius 3 is 2.86 bits per heavy atom. The topological polar surface area (TPSA) is 59.4 Å². The fourth-order valence-corrected chi connectivity index (χ4v) is 4.32. The van der Waals surface area contributed by atoms with Crippen LogP contribution in [0.2, 0.25) is 0 Å². The molecule has 1 N–H and O–H groups in total. The van der Waals surface area contributed by atoms with Crippen molar-refractivity contribution in [3.63, 3.8) is 0 Å². The van der Waals surface area contributed by atoms with E-state index in [1.807, 2.05) is 12.3 Å². The van der Waals surface area contributed by atoms with Crippen LogP contribution in [0.3, 0.4) is 0 Å². The number of carbonyl (C=O) groups is 1. The minimum Gasteiger partial charge on any atom is -0.383 e. The number of methoxy groups -OCH3 is 1. The van der Waals surface area contributed by atoms with Crippen LogP contribution in [0.1, 0.15) is 17.5 Å². The smallest absolute Gasteiger partial charge is 0.317 e. The third-order valence-electron chi connectivity index (χ3n) is 5.95. The summed E-state index contributed by atoms with van der Waals surface area (Å²) in [4.78, 5) is 14.0. The number of rotatable bonds is 6. The molecule has 28 heavy (non-hydrogen) atoms. The first-order valence-electron chi connectivity index (χ1n) is 9.45. The van der Waals surface area contributed by atoms with Crippen molar-refractivity contribution in [2.45, 2.75) is 30.8 Å². The van der Waals surface area contributed by atoms with Crippen LogP contribution >= 0.6 is 0 Å². The van der Waals surface area contributed by atoms with E-state index < -0.39 is 17.3 Å². The lowest BCUT2D eigenvalue weighted by molar-refractivity contribution is 0.0776. The Labute approximate surface area is 162 Å². The molecule has 2 aromatic rings. The number of piperidine rings is 1. The van der Waals surface area contributed by atoms with Crippen LogP contribution in [0, 0.1) is 5.92 Å². The quantitative estimate of drug-likeness (QED) is 0.825. The molecule has 1 aliphatic carbocycles. The van der Waals surface area contributed by atoms with Gasteiger partial charge in [-0.15, -0.1) is 0 Å². The maximum Gasteiger partial charge on any atom is 0.317 e. The summed E-state index contributed by atoms with van der Waals surface area (Å²) in [5.41, 5.74) is 0.415. The molecular weight excluding hydrogens is 366 g/mol. The summed E-state index contributed by atoms with van der Waals surface area (Å²) in [7, 11) is 1.62. The number of likely N-dealkylation sites (tertiary alicyclic amines) is 1. The number of hydrogen-bond donors (Lipinski definition) is 1. The summed E-state index contributed by atoms with van der Waals surface area (Å²) in [5, 5.41) is 7.01. The molecule has 2 heterocycles. The molecule has 2 amide bonds. The molecule has 2 atom stereocenters. The van der Waals surface area contributed by atoms with Crippen molar-refractivity contribution in [2.75, 3.05) is 26.8 Å². The molecule has 2 aliphatic rings. The van der Waals surface area contributed by atoms with Gasteiger partial charge in [0.2, 0.25) is 0 Å². The van der Waals surface area contributed by atoms with Crippen LogP contribution in [-0.2, 0) is 23.2 Å². The molecule has 2 fully saturated rings. The minimum absolute atomic E-state index is 0.0703. The largest absolute Gasteiger partial charge is 0.383 e. The third kappa shape index (κ3) is 3.05. The molecule has 150 valence electrons. The van der Waals surface area contributed by atoms with Gasteiger partial charge in [-0.1, -0.05) is 30.3 Å². The van der Waals surface area contributed by atoms with E-state index in [4.69, 9.17) is 4.74 Å². The van der Waals surface area contributed by atoms with E-state index in [2.05, 4.69) is 10.4 Å². The van der Waals surface area contributed by atoms with E-state index in [1.54, 1.807) is 42.3 Å². The van der Waals surface area contributed by atoms with Gasteiger partial charge < -0.3 is 15.0 Å². The summed E-state index contributed by atoms with van der Waals surface area (Å²) in [6, 6.07) is 8.64. The Bertz CT molecular complexity index is 842. The van der Waals surface area contributed by atoms with Crippen molar-refractivity contribution < 1.29 is 18.3 Å². The lowest BCUT2D eigenvalue weighted by atomic mass is 9.87. The Morgan fingerprint density at radius 1 is 1.36 bits per heavy atom. The number of benzene rings is 1. The number of halogens is 2. The van der Waals surface area contributed by atoms with Gasteiger partial charge in [-0.2, -0.15) is 5.10 Å². The normalized spacial score (nSPS) is 25.2. The third-order valence-corrected chi connectivity index (χ3v) is 5.95. The highest BCUT2D eigenvalue weighted by molar-refractivity contribution is 5.74. The Kier molecular flexibility index (Phi) is 4.82. The molecule has 8 heteroatoms.